The average molecular weight is 340 g/mol. The largest absolute Gasteiger partial charge is 0.493 e. The first-order valence-corrected chi connectivity index (χ1v) is 7.89. The van der Waals surface area contributed by atoms with Crippen molar-refractivity contribution in [2.24, 2.45) is 0 Å². The monoisotopic (exact) mass is 340 g/mol. The normalized spacial score (nSPS) is 9.96. The summed E-state index contributed by atoms with van der Waals surface area (Å²) in [7, 11) is 0. The highest BCUT2D eigenvalue weighted by molar-refractivity contribution is 5.91. The zero-order valence-corrected chi connectivity index (χ0v) is 14.1. The Kier molecular flexibility index (Phi) is 6.77. The van der Waals surface area contributed by atoms with Crippen LogP contribution in [-0.4, -0.2) is 25.2 Å². The summed E-state index contributed by atoms with van der Waals surface area (Å²) in [6.07, 6.45) is 1.69. The van der Waals surface area contributed by atoms with Crippen LogP contribution in [0.4, 0.5) is 0 Å². The third-order valence-electron chi connectivity index (χ3n) is 3.29. The maximum absolute atomic E-state index is 12.1. The lowest BCUT2D eigenvalue weighted by molar-refractivity contribution is -0.137. The fraction of sp³-hybridized carbons (Fsp3) is 0.200. The van der Waals surface area contributed by atoms with Crippen molar-refractivity contribution in [3.8, 4) is 11.5 Å². The third kappa shape index (κ3) is 6.14. The molecule has 2 aromatic rings. The maximum Gasteiger partial charge on any atom is 0.343 e. The lowest BCUT2D eigenvalue weighted by atomic mass is 10.2. The molecule has 5 nitrogen and oxygen atoms in total. The van der Waals surface area contributed by atoms with Gasteiger partial charge in [-0.2, -0.15) is 0 Å². The smallest absolute Gasteiger partial charge is 0.343 e. The second-order valence-corrected chi connectivity index (χ2v) is 5.30. The van der Waals surface area contributed by atoms with E-state index in [0.717, 1.165) is 11.6 Å². The van der Waals surface area contributed by atoms with Gasteiger partial charge >= 0.3 is 11.9 Å². The zero-order valence-electron chi connectivity index (χ0n) is 14.1. The Labute approximate surface area is 146 Å². The van der Waals surface area contributed by atoms with Gasteiger partial charge < -0.3 is 14.2 Å². The standard InChI is InChI=1S/C20H20O5/c1-3-19(21)24-14-4-13-23-17-11-7-16(8-12-17)20(22)25-18-9-5-15(2)6-10-18/h3,5-12H,1,4,13-14H2,2H3. The van der Waals surface area contributed by atoms with E-state index in [2.05, 4.69) is 6.58 Å². The van der Waals surface area contributed by atoms with E-state index in [4.69, 9.17) is 14.2 Å². The number of hydrogen-bond acceptors (Lipinski definition) is 5. The molecule has 0 aliphatic carbocycles. The highest BCUT2D eigenvalue weighted by Gasteiger charge is 2.08. The van der Waals surface area contributed by atoms with E-state index in [1.54, 1.807) is 36.4 Å². The van der Waals surface area contributed by atoms with Crippen LogP contribution in [0.15, 0.2) is 61.2 Å². The molecule has 2 aromatic carbocycles. The van der Waals surface area contributed by atoms with Crippen LogP contribution >= 0.6 is 0 Å². The van der Waals surface area contributed by atoms with Gasteiger partial charge in [-0.1, -0.05) is 24.3 Å². The molecule has 0 N–H and O–H groups in total. The molecule has 0 radical (unpaired) electrons. The summed E-state index contributed by atoms with van der Waals surface area (Å²) in [5.74, 6) is 0.259. The molecule has 0 heterocycles. The molecule has 0 aromatic heterocycles. The van der Waals surface area contributed by atoms with E-state index in [9.17, 15) is 9.59 Å². The molecule has 0 saturated carbocycles. The fourth-order valence-electron chi connectivity index (χ4n) is 1.94. The van der Waals surface area contributed by atoms with Gasteiger partial charge in [0.1, 0.15) is 11.5 Å². The van der Waals surface area contributed by atoms with Crippen molar-refractivity contribution in [1.82, 2.24) is 0 Å². The van der Waals surface area contributed by atoms with Crippen LogP contribution < -0.4 is 9.47 Å². The summed E-state index contributed by atoms with van der Waals surface area (Å²) < 4.78 is 15.7. The molecule has 2 rings (SSSR count). The molecule has 0 unspecified atom stereocenters. The highest BCUT2D eigenvalue weighted by atomic mass is 16.5. The lowest BCUT2D eigenvalue weighted by Gasteiger charge is -2.08. The Bertz CT molecular complexity index is 717. The maximum atomic E-state index is 12.1. The highest BCUT2D eigenvalue weighted by Crippen LogP contribution is 2.16. The summed E-state index contributed by atoms with van der Waals surface area (Å²) in [6.45, 7) is 5.95. The number of aryl methyl sites for hydroxylation is 1. The minimum atomic E-state index is -0.448. The van der Waals surface area contributed by atoms with Gasteiger partial charge in [-0.3, -0.25) is 0 Å². The summed E-state index contributed by atoms with van der Waals surface area (Å²) >= 11 is 0. The van der Waals surface area contributed by atoms with Crippen LogP contribution in [0.1, 0.15) is 22.3 Å². The number of benzene rings is 2. The molecule has 0 spiro atoms. The van der Waals surface area contributed by atoms with Gasteiger partial charge in [0.15, 0.2) is 0 Å². The molecule has 0 aliphatic heterocycles. The Balaban J connectivity index is 1.78. The summed E-state index contributed by atoms with van der Waals surface area (Å²) in [5, 5.41) is 0. The molecule has 0 aliphatic rings. The Hall–Kier alpha value is -3.08. The van der Waals surface area contributed by atoms with Gasteiger partial charge in [-0.15, -0.1) is 0 Å². The molecular formula is C20H20O5. The van der Waals surface area contributed by atoms with Gasteiger partial charge in [-0.25, -0.2) is 9.59 Å². The Morgan fingerprint density at radius 3 is 2.24 bits per heavy atom. The summed E-state index contributed by atoms with van der Waals surface area (Å²) in [6, 6.07) is 13.9. The minimum absolute atomic E-state index is 0.270. The van der Waals surface area contributed by atoms with Gasteiger partial charge in [0.2, 0.25) is 0 Å². The van der Waals surface area contributed by atoms with E-state index in [1.165, 1.54) is 0 Å². The van der Waals surface area contributed by atoms with Gasteiger partial charge in [0, 0.05) is 12.5 Å². The Morgan fingerprint density at radius 2 is 1.60 bits per heavy atom. The van der Waals surface area contributed by atoms with Crippen molar-refractivity contribution in [3.63, 3.8) is 0 Å². The van der Waals surface area contributed by atoms with Crippen LogP contribution in [0.25, 0.3) is 0 Å². The molecule has 0 atom stereocenters. The molecule has 130 valence electrons. The number of hydrogen-bond donors (Lipinski definition) is 0. The average Bonchev–Trinajstić information content (AvgIpc) is 2.63. The van der Waals surface area contributed by atoms with Crippen molar-refractivity contribution < 1.29 is 23.8 Å². The van der Waals surface area contributed by atoms with E-state index in [0.29, 0.717) is 30.1 Å². The second-order valence-electron chi connectivity index (χ2n) is 5.30. The van der Waals surface area contributed by atoms with Crippen LogP contribution in [0.5, 0.6) is 11.5 Å². The number of esters is 2. The van der Waals surface area contributed by atoms with Crippen molar-refractivity contribution in [3.05, 3.63) is 72.3 Å². The van der Waals surface area contributed by atoms with E-state index in [-0.39, 0.29) is 6.61 Å². The van der Waals surface area contributed by atoms with Crippen LogP contribution in [0.2, 0.25) is 0 Å². The molecule has 0 bridgehead atoms. The molecule has 0 amide bonds. The zero-order chi connectivity index (χ0) is 18.1. The van der Waals surface area contributed by atoms with Crippen LogP contribution in [0.3, 0.4) is 0 Å². The van der Waals surface area contributed by atoms with Gasteiger partial charge in [-0.05, 0) is 43.3 Å². The fourth-order valence-corrected chi connectivity index (χ4v) is 1.94. The van der Waals surface area contributed by atoms with Crippen molar-refractivity contribution in [1.29, 1.82) is 0 Å². The number of ether oxygens (including phenoxy) is 3. The molecular weight excluding hydrogens is 320 g/mol. The topological polar surface area (TPSA) is 61.8 Å². The van der Waals surface area contributed by atoms with Crippen LogP contribution in [-0.2, 0) is 9.53 Å². The van der Waals surface area contributed by atoms with Crippen molar-refractivity contribution in [2.75, 3.05) is 13.2 Å². The van der Waals surface area contributed by atoms with E-state index >= 15 is 0 Å². The summed E-state index contributed by atoms with van der Waals surface area (Å²) in [4.78, 5) is 23.0. The second kappa shape index (κ2) is 9.27. The predicted molar refractivity (Wildman–Crippen MR) is 93.8 cm³/mol. The molecule has 0 saturated heterocycles. The van der Waals surface area contributed by atoms with E-state index < -0.39 is 11.9 Å². The van der Waals surface area contributed by atoms with Crippen molar-refractivity contribution in [2.45, 2.75) is 13.3 Å². The number of carbonyl (C=O) groups is 2. The molecule has 5 heteroatoms. The molecule has 25 heavy (non-hydrogen) atoms. The number of rotatable bonds is 8. The van der Waals surface area contributed by atoms with E-state index in [1.807, 2.05) is 19.1 Å². The quantitative estimate of drug-likeness (QED) is 0.317. The first-order valence-electron chi connectivity index (χ1n) is 7.89. The summed E-state index contributed by atoms with van der Waals surface area (Å²) in [5.41, 5.74) is 1.54. The molecule has 0 fully saturated rings. The lowest BCUT2D eigenvalue weighted by Crippen LogP contribution is -2.09. The third-order valence-corrected chi connectivity index (χ3v) is 3.29. The number of carbonyl (C=O) groups excluding carboxylic acids is 2. The van der Waals surface area contributed by atoms with Crippen molar-refractivity contribution >= 4 is 11.9 Å². The predicted octanol–water partition coefficient (Wildman–Crippen LogP) is 3.71. The SMILES string of the molecule is C=CC(=O)OCCCOc1ccc(C(=O)Oc2ccc(C)cc2)cc1. The Morgan fingerprint density at radius 1 is 0.960 bits per heavy atom. The van der Waals surface area contributed by atoms with Gasteiger partial charge in [0.05, 0.1) is 18.8 Å². The first kappa shape index (κ1) is 18.3. The van der Waals surface area contributed by atoms with Crippen LogP contribution in [0, 0.1) is 6.92 Å². The first-order chi connectivity index (χ1) is 12.1. The minimum Gasteiger partial charge on any atom is -0.493 e. The van der Waals surface area contributed by atoms with Gasteiger partial charge in [0.25, 0.3) is 0 Å².